The number of hydrogen-bond donors (Lipinski definition) is 0. The van der Waals surface area contributed by atoms with Gasteiger partial charge in [0.15, 0.2) is 0 Å². The molecule has 1 heteroatoms. The van der Waals surface area contributed by atoms with E-state index in [1.54, 1.807) is 0 Å². The minimum absolute atomic E-state index is 0.940. The summed E-state index contributed by atoms with van der Waals surface area (Å²) in [4.78, 5) is 0. The van der Waals surface area contributed by atoms with E-state index in [0.717, 1.165) is 5.92 Å². The van der Waals surface area contributed by atoms with E-state index < -0.39 is 0 Å². The molecule has 13 heavy (non-hydrogen) atoms. The van der Waals surface area contributed by atoms with E-state index in [2.05, 4.69) is 34.7 Å². The predicted molar refractivity (Wildman–Crippen MR) is 60.8 cm³/mol. The van der Waals surface area contributed by atoms with E-state index in [9.17, 15) is 0 Å². The second-order valence-electron chi connectivity index (χ2n) is 4.50. The van der Waals surface area contributed by atoms with Crippen LogP contribution in [0.5, 0.6) is 0 Å². The van der Waals surface area contributed by atoms with Crippen LogP contribution >= 0.6 is 0 Å². The Morgan fingerprint density at radius 1 is 1.00 bits per heavy atom. The van der Waals surface area contributed by atoms with Crippen molar-refractivity contribution in [3.05, 3.63) is 0 Å². The fraction of sp³-hybridized carbons (Fsp3) is 1.00. The van der Waals surface area contributed by atoms with Crippen LogP contribution < -0.4 is 0 Å². The van der Waals surface area contributed by atoms with Gasteiger partial charge in [-0.1, -0.05) is 20.3 Å². The third-order valence-electron chi connectivity index (χ3n) is 3.50. The van der Waals surface area contributed by atoms with Gasteiger partial charge in [0.1, 0.15) is 0 Å². The van der Waals surface area contributed by atoms with E-state index in [0.29, 0.717) is 0 Å². The van der Waals surface area contributed by atoms with Gasteiger partial charge in [0.2, 0.25) is 0 Å². The molecule has 0 amide bonds. The van der Waals surface area contributed by atoms with Crippen molar-refractivity contribution in [3.63, 3.8) is 0 Å². The molecule has 0 aliphatic carbocycles. The van der Waals surface area contributed by atoms with Crippen LogP contribution in [0.15, 0.2) is 0 Å². The molecule has 0 aromatic carbocycles. The van der Waals surface area contributed by atoms with Gasteiger partial charge in [-0.25, -0.2) is 0 Å². The summed E-state index contributed by atoms with van der Waals surface area (Å²) in [6, 6.07) is 0. The van der Waals surface area contributed by atoms with Gasteiger partial charge in [-0.15, -0.1) is 0 Å². The molecular weight excluding hydrogens is 158 g/mol. The summed E-state index contributed by atoms with van der Waals surface area (Å²) >= 11 is 0. The minimum Gasteiger partial charge on any atom is -0.326 e. The maximum Gasteiger partial charge on any atom is 0.0812 e. The third kappa shape index (κ3) is 4.66. The Kier molecular flexibility index (Phi) is 6.40. The van der Waals surface area contributed by atoms with Gasteiger partial charge in [0.25, 0.3) is 0 Å². The highest BCUT2D eigenvalue weighted by Gasteiger charge is 2.21. The molecule has 0 rings (SSSR count). The molecule has 1 nitrogen and oxygen atoms in total. The van der Waals surface area contributed by atoms with Gasteiger partial charge in [-0.3, -0.25) is 0 Å². The fourth-order valence-corrected chi connectivity index (χ4v) is 1.94. The van der Waals surface area contributed by atoms with Gasteiger partial charge < -0.3 is 4.48 Å². The second-order valence-corrected chi connectivity index (χ2v) is 4.50. The summed E-state index contributed by atoms with van der Waals surface area (Å²) in [7, 11) is 2.39. The molecular formula is C12H28N+. The van der Waals surface area contributed by atoms with Gasteiger partial charge in [-0.05, 0) is 26.7 Å². The van der Waals surface area contributed by atoms with Gasteiger partial charge >= 0.3 is 0 Å². The zero-order valence-electron chi connectivity index (χ0n) is 10.3. The lowest BCUT2D eigenvalue weighted by molar-refractivity contribution is -0.909. The number of nitrogens with zero attached hydrogens (tertiary/aromatic N) is 1. The molecule has 0 heterocycles. The highest BCUT2D eigenvalue weighted by atomic mass is 15.3. The van der Waals surface area contributed by atoms with Gasteiger partial charge in [-0.2, -0.15) is 0 Å². The van der Waals surface area contributed by atoms with Gasteiger partial charge in [0.05, 0.1) is 26.7 Å². The normalized spacial score (nSPS) is 14.5. The number of rotatable bonds is 7. The van der Waals surface area contributed by atoms with Crippen LogP contribution in [0.3, 0.4) is 0 Å². The molecule has 0 aliphatic heterocycles. The average molecular weight is 186 g/mol. The average Bonchev–Trinajstić information content (AvgIpc) is 2.17. The Morgan fingerprint density at radius 2 is 1.54 bits per heavy atom. The standard InChI is InChI=1S/C12H28N/c1-6-10-12(7-2)11-13(5,8-3)9-4/h12H,6-11H2,1-5H3/q+1. The SMILES string of the molecule is CCCC(CC)C[N+](C)(CC)CC. The van der Waals surface area contributed by atoms with Crippen molar-refractivity contribution in [1.29, 1.82) is 0 Å². The molecule has 0 saturated carbocycles. The van der Waals surface area contributed by atoms with Crippen LogP contribution in [0.2, 0.25) is 0 Å². The number of quaternary nitrogens is 1. The van der Waals surface area contributed by atoms with Crippen LogP contribution in [0.1, 0.15) is 47.0 Å². The molecule has 0 aromatic rings. The first-order valence-corrected chi connectivity index (χ1v) is 5.95. The molecule has 0 aliphatic rings. The molecule has 0 spiro atoms. The summed E-state index contributed by atoms with van der Waals surface area (Å²) in [6.45, 7) is 13.2. The first kappa shape index (κ1) is 13.0. The topological polar surface area (TPSA) is 0 Å². The molecule has 0 fully saturated rings. The molecule has 1 atom stereocenters. The molecule has 1 unspecified atom stereocenters. The number of hydrogen-bond acceptors (Lipinski definition) is 0. The molecule has 0 radical (unpaired) electrons. The highest BCUT2D eigenvalue weighted by Crippen LogP contribution is 2.16. The van der Waals surface area contributed by atoms with Crippen LogP contribution in [0, 0.1) is 5.92 Å². The minimum atomic E-state index is 0.940. The van der Waals surface area contributed by atoms with Crippen molar-refractivity contribution in [1.82, 2.24) is 0 Å². The Labute approximate surface area is 84.7 Å². The van der Waals surface area contributed by atoms with Crippen LogP contribution in [-0.2, 0) is 0 Å². The van der Waals surface area contributed by atoms with Crippen molar-refractivity contribution < 1.29 is 4.48 Å². The van der Waals surface area contributed by atoms with Gasteiger partial charge in [0, 0.05) is 5.92 Å². The lowest BCUT2D eigenvalue weighted by Crippen LogP contribution is -2.46. The first-order chi connectivity index (χ1) is 6.11. The molecule has 0 bridgehead atoms. The van der Waals surface area contributed by atoms with E-state index in [-0.39, 0.29) is 0 Å². The lowest BCUT2D eigenvalue weighted by atomic mass is 9.99. The van der Waals surface area contributed by atoms with E-state index in [4.69, 9.17) is 0 Å². The maximum absolute atomic E-state index is 2.39. The second kappa shape index (κ2) is 6.42. The van der Waals surface area contributed by atoms with Crippen LogP contribution in [0.4, 0.5) is 0 Å². The largest absolute Gasteiger partial charge is 0.326 e. The highest BCUT2D eigenvalue weighted by molar-refractivity contribution is 4.55. The summed E-state index contributed by atoms with van der Waals surface area (Å²) in [5.41, 5.74) is 0. The smallest absolute Gasteiger partial charge is 0.0812 e. The quantitative estimate of drug-likeness (QED) is 0.535. The summed E-state index contributed by atoms with van der Waals surface area (Å²) < 4.78 is 1.25. The van der Waals surface area contributed by atoms with E-state index >= 15 is 0 Å². The van der Waals surface area contributed by atoms with E-state index in [1.807, 2.05) is 0 Å². The molecule has 0 aromatic heterocycles. The first-order valence-electron chi connectivity index (χ1n) is 5.95. The third-order valence-corrected chi connectivity index (χ3v) is 3.50. The Morgan fingerprint density at radius 3 is 1.85 bits per heavy atom. The zero-order valence-corrected chi connectivity index (χ0v) is 10.3. The lowest BCUT2D eigenvalue weighted by Gasteiger charge is -2.35. The molecule has 80 valence electrons. The van der Waals surface area contributed by atoms with Crippen molar-refractivity contribution >= 4 is 0 Å². The van der Waals surface area contributed by atoms with Crippen LogP contribution in [0.25, 0.3) is 0 Å². The Hall–Kier alpha value is -0.0400. The fourth-order valence-electron chi connectivity index (χ4n) is 1.94. The van der Waals surface area contributed by atoms with Crippen LogP contribution in [-0.4, -0.2) is 31.2 Å². The van der Waals surface area contributed by atoms with E-state index in [1.165, 1.54) is 43.4 Å². The predicted octanol–water partition coefficient (Wildman–Crippen LogP) is 3.30. The summed E-state index contributed by atoms with van der Waals surface area (Å²) in [6.07, 6.45) is 4.10. The van der Waals surface area contributed by atoms with Crippen molar-refractivity contribution in [2.24, 2.45) is 5.92 Å². The molecule has 0 N–H and O–H groups in total. The Bertz CT molecular complexity index is 116. The maximum atomic E-state index is 2.39. The summed E-state index contributed by atoms with van der Waals surface area (Å²) in [5, 5.41) is 0. The summed E-state index contributed by atoms with van der Waals surface area (Å²) in [5.74, 6) is 0.940. The molecule has 0 saturated heterocycles. The van der Waals surface area contributed by atoms with Crippen molar-refractivity contribution in [2.45, 2.75) is 47.0 Å². The Balaban J connectivity index is 4.02. The van der Waals surface area contributed by atoms with Crippen molar-refractivity contribution in [2.75, 3.05) is 26.7 Å². The monoisotopic (exact) mass is 186 g/mol. The zero-order chi connectivity index (χ0) is 10.3. The van der Waals surface area contributed by atoms with Crippen molar-refractivity contribution in [3.8, 4) is 0 Å².